The third kappa shape index (κ3) is 1.83. The van der Waals surface area contributed by atoms with E-state index in [1.165, 1.54) is 0 Å². The highest BCUT2D eigenvalue weighted by molar-refractivity contribution is 6.02. The predicted molar refractivity (Wildman–Crippen MR) is 56.4 cm³/mol. The van der Waals surface area contributed by atoms with Crippen LogP contribution in [0.3, 0.4) is 0 Å². The van der Waals surface area contributed by atoms with Gasteiger partial charge in [0.25, 0.3) is 5.91 Å². The van der Waals surface area contributed by atoms with Crippen LogP contribution in [0.25, 0.3) is 0 Å². The molecule has 78 valence electrons. The van der Waals surface area contributed by atoms with E-state index in [1.807, 2.05) is 0 Å². The quantitative estimate of drug-likeness (QED) is 0.670. The second kappa shape index (κ2) is 3.49. The molecule has 0 unspecified atom stereocenters. The molecular weight excluding hydrogens is 194 g/mol. The van der Waals surface area contributed by atoms with E-state index in [0.29, 0.717) is 17.3 Å². The van der Waals surface area contributed by atoms with Crippen molar-refractivity contribution >= 4 is 17.5 Å². The lowest BCUT2D eigenvalue weighted by Gasteiger charge is -2.02. The van der Waals surface area contributed by atoms with Crippen LogP contribution in [0.15, 0.2) is 24.7 Å². The molecule has 6 heteroatoms. The summed E-state index contributed by atoms with van der Waals surface area (Å²) in [6.45, 7) is 0. The summed E-state index contributed by atoms with van der Waals surface area (Å²) in [5.74, 6) is 0.170. The van der Waals surface area contributed by atoms with Gasteiger partial charge in [-0.15, -0.1) is 0 Å². The van der Waals surface area contributed by atoms with Crippen molar-refractivity contribution in [2.24, 2.45) is 7.05 Å². The first-order valence-electron chi connectivity index (χ1n) is 4.39. The lowest BCUT2D eigenvalue weighted by Crippen LogP contribution is -2.16. The maximum absolute atomic E-state index is 11.7. The molecule has 0 saturated carbocycles. The average Bonchev–Trinajstić information content (AvgIpc) is 2.75. The molecule has 2 rings (SSSR count). The molecule has 0 bridgehead atoms. The normalized spacial score (nSPS) is 10.2. The maximum Gasteiger partial charge on any atom is 0.274 e. The Balaban J connectivity index is 2.18. The van der Waals surface area contributed by atoms with Crippen LogP contribution < -0.4 is 11.1 Å². The van der Waals surface area contributed by atoms with Crippen LogP contribution in [0.4, 0.5) is 11.6 Å². The Morgan fingerprint density at radius 3 is 3.00 bits per heavy atom. The van der Waals surface area contributed by atoms with Crippen LogP contribution in [0, 0.1) is 0 Å². The van der Waals surface area contributed by atoms with Gasteiger partial charge in [0, 0.05) is 25.6 Å². The molecule has 0 radical (unpaired) electrons. The van der Waals surface area contributed by atoms with Gasteiger partial charge in [-0.2, -0.15) is 0 Å². The zero-order valence-corrected chi connectivity index (χ0v) is 8.19. The van der Waals surface area contributed by atoms with Crippen LogP contribution in [-0.4, -0.2) is 20.4 Å². The molecule has 6 nitrogen and oxygen atoms in total. The summed E-state index contributed by atoms with van der Waals surface area (Å²) in [6.07, 6.45) is 4.88. The molecule has 1 amide bonds. The van der Waals surface area contributed by atoms with Gasteiger partial charge < -0.3 is 15.3 Å². The topological polar surface area (TPSA) is 88.7 Å². The van der Waals surface area contributed by atoms with E-state index in [2.05, 4.69) is 15.3 Å². The average molecular weight is 205 g/mol. The van der Waals surface area contributed by atoms with Gasteiger partial charge in [0.15, 0.2) is 0 Å². The van der Waals surface area contributed by atoms with Crippen molar-refractivity contribution < 1.29 is 4.79 Å². The standard InChI is InChI=1S/C9H11N5O/c1-14-5-6(10)4-7(14)8(15)13-9-11-2-3-12-9/h2-5H,10H2,1H3,(H2,11,12,13,15). The third-order valence-corrected chi connectivity index (χ3v) is 1.99. The van der Waals surface area contributed by atoms with E-state index in [4.69, 9.17) is 5.73 Å². The number of nitrogens with two attached hydrogens (primary N) is 1. The number of carbonyl (C=O) groups excluding carboxylic acids is 1. The number of imidazole rings is 1. The van der Waals surface area contributed by atoms with E-state index < -0.39 is 0 Å². The van der Waals surface area contributed by atoms with Crippen molar-refractivity contribution in [2.75, 3.05) is 11.1 Å². The van der Waals surface area contributed by atoms with Gasteiger partial charge in [-0.3, -0.25) is 10.1 Å². The van der Waals surface area contributed by atoms with Crippen molar-refractivity contribution in [1.29, 1.82) is 0 Å². The Labute approximate surface area is 86.1 Å². The summed E-state index contributed by atoms with van der Waals surface area (Å²) in [5, 5.41) is 2.61. The molecule has 0 aromatic carbocycles. The Hall–Kier alpha value is -2.24. The number of aromatic nitrogens is 3. The van der Waals surface area contributed by atoms with Gasteiger partial charge in [0.2, 0.25) is 5.95 Å². The first-order valence-corrected chi connectivity index (χ1v) is 4.39. The van der Waals surface area contributed by atoms with Crippen LogP contribution in [0.1, 0.15) is 10.5 Å². The van der Waals surface area contributed by atoms with E-state index in [0.717, 1.165) is 0 Å². The first-order chi connectivity index (χ1) is 7.16. The molecule has 0 atom stereocenters. The van der Waals surface area contributed by atoms with Gasteiger partial charge in [-0.25, -0.2) is 4.98 Å². The molecule has 0 aliphatic heterocycles. The minimum Gasteiger partial charge on any atom is -0.397 e. The highest BCUT2D eigenvalue weighted by Crippen LogP contribution is 2.10. The molecule has 2 heterocycles. The van der Waals surface area contributed by atoms with E-state index in [-0.39, 0.29) is 5.91 Å². The Bertz CT molecular complexity index is 471. The zero-order valence-electron chi connectivity index (χ0n) is 8.19. The Morgan fingerprint density at radius 2 is 2.47 bits per heavy atom. The maximum atomic E-state index is 11.7. The summed E-state index contributed by atoms with van der Waals surface area (Å²) >= 11 is 0. The highest BCUT2D eigenvalue weighted by atomic mass is 16.2. The summed E-state index contributed by atoms with van der Waals surface area (Å²) < 4.78 is 1.66. The molecule has 0 fully saturated rings. The largest absolute Gasteiger partial charge is 0.397 e. The number of aryl methyl sites for hydroxylation is 1. The van der Waals surface area contributed by atoms with Gasteiger partial charge in [0.1, 0.15) is 5.69 Å². The van der Waals surface area contributed by atoms with Gasteiger partial charge in [0.05, 0.1) is 5.69 Å². The minimum absolute atomic E-state index is 0.246. The number of nitrogen functional groups attached to an aromatic ring is 1. The smallest absolute Gasteiger partial charge is 0.274 e. The molecule has 4 N–H and O–H groups in total. The van der Waals surface area contributed by atoms with E-state index >= 15 is 0 Å². The fraction of sp³-hybridized carbons (Fsp3) is 0.111. The number of aromatic amines is 1. The third-order valence-electron chi connectivity index (χ3n) is 1.99. The highest BCUT2D eigenvalue weighted by Gasteiger charge is 2.11. The van der Waals surface area contributed by atoms with Crippen LogP contribution in [-0.2, 0) is 7.05 Å². The fourth-order valence-corrected chi connectivity index (χ4v) is 1.32. The van der Waals surface area contributed by atoms with Crippen LogP contribution >= 0.6 is 0 Å². The summed E-state index contributed by atoms with van der Waals surface area (Å²) in [5.41, 5.74) is 6.61. The second-order valence-corrected chi connectivity index (χ2v) is 3.16. The zero-order chi connectivity index (χ0) is 10.8. The molecule has 15 heavy (non-hydrogen) atoms. The lowest BCUT2D eigenvalue weighted by molar-refractivity contribution is 0.101. The second-order valence-electron chi connectivity index (χ2n) is 3.16. The predicted octanol–water partition coefficient (Wildman–Crippen LogP) is 0.583. The number of anilines is 2. The number of H-pyrrole nitrogens is 1. The van der Waals surface area contributed by atoms with Gasteiger partial charge >= 0.3 is 0 Å². The summed E-state index contributed by atoms with van der Waals surface area (Å²) in [6, 6.07) is 1.61. The Morgan fingerprint density at radius 1 is 1.67 bits per heavy atom. The monoisotopic (exact) mass is 205 g/mol. The molecule has 0 aliphatic rings. The number of carbonyl (C=O) groups is 1. The lowest BCUT2D eigenvalue weighted by atomic mass is 10.4. The number of nitrogens with one attached hydrogen (secondary N) is 2. The van der Waals surface area contributed by atoms with Crippen LogP contribution in [0.2, 0.25) is 0 Å². The van der Waals surface area contributed by atoms with Crippen molar-refractivity contribution in [1.82, 2.24) is 14.5 Å². The first kappa shape index (κ1) is 9.32. The molecule has 2 aromatic heterocycles. The van der Waals surface area contributed by atoms with Crippen molar-refractivity contribution in [3.05, 3.63) is 30.4 Å². The number of nitrogens with zero attached hydrogens (tertiary/aromatic N) is 2. The number of rotatable bonds is 2. The summed E-state index contributed by atoms with van der Waals surface area (Å²) in [7, 11) is 1.76. The molecular formula is C9H11N5O. The number of hydrogen-bond acceptors (Lipinski definition) is 3. The fourth-order valence-electron chi connectivity index (χ4n) is 1.32. The van der Waals surface area contributed by atoms with E-state index in [1.54, 1.807) is 36.3 Å². The number of amides is 1. The van der Waals surface area contributed by atoms with Gasteiger partial charge in [-0.1, -0.05) is 0 Å². The number of hydrogen-bond donors (Lipinski definition) is 3. The SMILES string of the molecule is Cn1cc(N)cc1C(=O)Nc1ncc[nH]1. The molecule has 2 aromatic rings. The van der Waals surface area contributed by atoms with Crippen molar-refractivity contribution in [3.63, 3.8) is 0 Å². The Kier molecular flexibility index (Phi) is 2.17. The molecule has 0 spiro atoms. The summed E-state index contributed by atoms with van der Waals surface area (Å²) in [4.78, 5) is 18.4. The molecule has 0 saturated heterocycles. The van der Waals surface area contributed by atoms with E-state index in [9.17, 15) is 4.79 Å². The van der Waals surface area contributed by atoms with Gasteiger partial charge in [-0.05, 0) is 6.07 Å². The van der Waals surface area contributed by atoms with Crippen LogP contribution in [0.5, 0.6) is 0 Å². The van der Waals surface area contributed by atoms with Crippen molar-refractivity contribution in [2.45, 2.75) is 0 Å². The minimum atomic E-state index is -0.246. The van der Waals surface area contributed by atoms with Crippen molar-refractivity contribution in [3.8, 4) is 0 Å². The molecule has 0 aliphatic carbocycles.